The van der Waals surface area contributed by atoms with E-state index in [1.807, 2.05) is 16.9 Å². The van der Waals surface area contributed by atoms with Gasteiger partial charge in [-0.25, -0.2) is 0 Å². The van der Waals surface area contributed by atoms with Gasteiger partial charge in [-0.05, 0) is 64.3 Å². The zero-order chi connectivity index (χ0) is 17.2. The van der Waals surface area contributed by atoms with Crippen LogP contribution in [0, 0.1) is 0 Å². The van der Waals surface area contributed by atoms with E-state index in [1.54, 1.807) is 0 Å². The second kappa shape index (κ2) is 10.5. The standard InChI is InChI=1S/C18H33N5O/c1-3-11-22(12-4-2)13-6-10-20-18(24)17-8-14-23(21-17)16-7-5-9-19-15-16/h8,14,16,19H,3-7,9-13,15H2,1-2H3,(H,20,24). The van der Waals surface area contributed by atoms with Gasteiger partial charge in [0.2, 0.25) is 0 Å². The lowest BCUT2D eigenvalue weighted by molar-refractivity contribution is 0.0945. The first-order valence-corrected chi connectivity index (χ1v) is 9.51. The van der Waals surface area contributed by atoms with Gasteiger partial charge in [0.25, 0.3) is 5.91 Å². The average Bonchev–Trinajstić information content (AvgIpc) is 3.10. The Morgan fingerprint density at radius 3 is 2.83 bits per heavy atom. The van der Waals surface area contributed by atoms with Crippen molar-refractivity contribution in [2.45, 2.75) is 52.0 Å². The number of nitrogens with one attached hydrogen (secondary N) is 2. The van der Waals surface area contributed by atoms with Crippen LogP contribution in [-0.4, -0.2) is 59.9 Å². The Morgan fingerprint density at radius 1 is 1.38 bits per heavy atom. The van der Waals surface area contributed by atoms with Crippen molar-refractivity contribution in [3.8, 4) is 0 Å². The Balaban J connectivity index is 1.71. The van der Waals surface area contributed by atoms with Crippen LogP contribution in [0.2, 0.25) is 0 Å². The highest BCUT2D eigenvalue weighted by Gasteiger charge is 2.17. The Bertz CT molecular complexity index is 476. The molecule has 1 aliphatic heterocycles. The fourth-order valence-corrected chi connectivity index (χ4v) is 3.28. The lowest BCUT2D eigenvalue weighted by atomic mass is 10.1. The van der Waals surface area contributed by atoms with Crippen LogP contribution in [-0.2, 0) is 0 Å². The van der Waals surface area contributed by atoms with Gasteiger partial charge in [-0.1, -0.05) is 13.8 Å². The van der Waals surface area contributed by atoms with Gasteiger partial charge >= 0.3 is 0 Å². The van der Waals surface area contributed by atoms with E-state index in [2.05, 4.69) is 34.5 Å². The van der Waals surface area contributed by atoms with Crippen molar-refractivity contribution in [2.24, 2.45) is 0 Å². The van der Waals surface area contributed by atoms with E-state index in [1.165, 1.54) is 12.8 Å². The van der Waals surface area contributed by atoms with Crippen molar-refractivity contribution in [3.05, 3.63) is 18.0 Å². The number of amides is 1. The van der Waals surface area contributed by atoms with Gasteiger partial charge in [-0.2, -0.15) is 5.10 Å². The first-order chi connectivity index (χ1) is 11.7. The minimum atomic E-state index is -0.0601. The molecular weight excluding hydrogens is 302 g/mol. The summed E-state index contributed by atoms with van der Waals surface area (Å²) < 4.78 is 1.94. The van der Waals surface area contributed by atoms with Crippen molar-refractivity contribution in [3.63, 3.8) is 0 Å². The maximum Gasteiger partial charge on any atom is 0.271 e. The second-order valence-electron chi connectivity index (χ2n) is 6.63. The zero-order valence-electron chi connectivity index (χ0n) is 15.3. The van der Waals surface area contributed by atoms with Gasteiger partial charge in [0.05, 0.1) is 6.04 Å². The summed E-state index contributed by atoms with van der Waals surface area (Å²) in [5.74, 6) is -0.0601. The number of hydrogen-bond donors (Lipinski definition) is 2. The molecule has 0 saturated carbocycles. The van der Waals surface area contributed by atoms with Crippen LogP contribution in [0.4, 0.5) is 0 Å². The molecular formula is C18H33N5O. The molecule has 136 valence electrons. The van der Waals surface area contributed by atoms with E-state index < -0.39 is 0 Å². The summed E-state index contributed by atoms with van der Waals surface area (Å²) in [5, 5.41) is 10.8. The van der Waals surface area contributed by atoms with Crippen molar-refractivity contribution < 1.29 is 4.79 Å². The number of piperidine rings is 1. The molecule has 1 fully saturated rings. The quantitative estimate of drug-likeness (QED) is 0.643. The van der Waals surface area contributed by atoms with E-state index in [0.717, 1.165) is 52.0 Å². The SMILES string of the molecule is CCCN(CCC)CCCNC(=O)c1ccn(C2CCCNC2)n1. The normalized spacial score (nSPS) is 18.0. The summed E-state index contributed by atoms with van der Waals surface area (Å²) in [6, 6.07) is 2.20. The van der Waals surface area contributed by atoms with Gasteiger partial charge in [-0.3, -0.25) is 9.48 Å². The van der Waals surface area contributed by atoms with Crippen molar-refractivity contribution in [1.82, 2.24) is 25.3 Å². The monoisotopic (exact) mass is 335 g/mol. The molecule has 24 heavy (non-hydrogen) atoms. The van der Waals surface area contributed by atoms with E-state index in [4.69, 9.17) is 0 Å². The van der Waals surface area contributed by atoms with Crippen molar-refractivity contribution in [2.75, 3.05) is 39.3 Å². The number of rotatable bonds is 10. The summed E-state index contributed by atoms with van der Waals surface area (Å²) in [4.78, 5) is 14.7. The molecule has 0 bridgehead atoms. The number of hydrogen-bond acceptors (Lipinski definition) is 4. The number of carbonyl (C=O) groups excluding carboxylic acids is 1. The molecule has 1 atom stereocenters. The van der Waals surface area contributed by atoms with Gasteiger partial charge in [0.15, 0.2) is 0 Å². The topological polar surface area (TPSA) is 62.2 Å². The van der Waals surface area contributed by atoms with E-state index in [9.17, 15) is 4.79 Å². The fraction of sp³-hybridized carbons (Fsp3) is 0.778. The minimum absolute atomic E-state index is 0.0601. The van der Waals surface area contributed by atoms with Crippen LogP contribution in [0.15, 0.2) is 12.3 Å². The largest absolute Gasteiger partial charge is 0.351 e. The first-order valence-electron chi connectivity index (χ1n) is 9.51. The highest BCUT2D eigenvalue weighted by atomic mass is 16.1. The average molecular weight is 335 g/mol. The smallest absolute Gasteiger partial charge is 0.271 e. The van der Waals surface area contributed by atoms with E-state index in [-0.39, 0.29) is 5.91 Å². The third-order valence-corrected chi connectivity index (χ3v) is 4.50. The lowest BCUT2D eigenvalue weighted by Crippen LogP contribution is -2.32. The van der Waals surface area contributed by atoms with Crippen molar-refractivity contribution in [1.29, 1.82) is 0 Å². The number of aromatic nitrogens is 2. The van der Waals surface area contributed by atoms with Gasteiger partial charge in [0.1, 0.15) is 5.69 Å². The molecule has 0 aliphatic carbocycles. The molecule has 6 nitrogen and oxygen atoms in total. The van der Waals surface area contributed by atoms with E-state index in [0.29, 0.717) is 18.3 Å². The molecule has 2 N–H and O–H groups in total. The van der Waals surface area contributed by atoms with Gasteiger partial charge in [0, 0.05) is 19.3 Å². The van der Waals surface area contributed by atoms with E-state index >= 15 is 0 Å². The molecule has 2 heterocycles. The first kappa shape index (κ1) is 18.9. The Morgan fingerprint density at radius 2 is 2.17 bits per heavy atom. The summed E-state index contributed by atoms with van der Waals surface area (Å²) in [7, 11) is 0. The summed E-state index contributed by atoms with van der Waals surface area (Å²) in [6.45, 7) is 10.5. The van der Waals surface area contributed by atoms with Crippen molar-refractivity contribution >= 4 is 5.91 Å². The fourth-order valence-electron chi connectivity index (χ4n) is 3.28. The minimum Gasteiger partial charge on any atom is -0.351 e. The predicted molar refractivity (Wildman–Crippen MR) is 97.3 cm³/mol. The maximum absolute atomic E-state index is 12.2. The Hall–Kier alpha value is -1.40. The van der Waals surface area contributed by atoms with Crippen LogP contribution in [0.5, 0.6) is 0 Å². The molecule has 6 heteroatoms. The molecule has 1 amide bonds. The number of carbonyl (C=O) groups is 1. The highest BCUT2D eigenvalue weighted by molar-refractivity contribution is 5.92. The maximum atomic E-state index is 12.2. The number of nitrogens with zero attached hydrogens (tertiary/aromatic N) is 3. The molecule has 0 spiro atoms. The molecule has 0 aromatic carbocycles. The summed E-state index contributed by atoms with van der Waals surface area (Å²) in [5.41, 5.74) is 0.527. The summed E-state index contributed by atoms with van der Waals surface area (Å²) >= 11 is 0. The third-order valence-electron chi connectivity index (χ3n) is 4.50. The van der Waals surface area contributed by atoms with Crippen LogP contribution >= 0.6 is 0 Å². The molecule has 1 saturated heterocycles. The van der Waals surface area contributed by atoms with Crippen LogP contribution < -0.4 is 10.6 Å². The molecule has 1 aromatic rings. The Kier molecular flexibility index (Phi) is 8.25. The second-order valence-corrected chi connectivity index (χ2v) is 6.63. The highest BCUT2D eigenvalue weighted by Crippen LogP contribution is 2.15. The molecule has 1 aromatic heterocycles. The molecule has 1 unspecified atom stereocenters. The van der Waals surface area contributed by atoms with Gasteiger partial charge in [-0.15, -0.1) is 0 Å². The summed E-state index contributed by atoms with van der Waals surface area (Å²) in [6.07, 6.45) is 7.56. The van der Waals surface area contributed by atoms with Crippen LogP contribution in [0.25, 0.3) is 0 Å². The molecule has 1 aliphatic rings. The van der Waals surface area contributed by atoms with Crippen LogP contribution in [0.3, 0.4) is 0 Å². The zero-order valence-corrected chi connectivity index (χ0v) is 15.3. The van der Waals surface area contributed by atoms with Gasteiger partial charge < -0.3 is 15.5 Å². The third kappa shape index (κ3) is 5.91. The Labute approximate surface area is 146 Å². The predicted octanol–water partition coefficient (Wildman–Crippen LogP) is 2.05. The van der Waals surface area contributed by atoms with Crippen LogP contribution in [0.1, 0.15) is 62.5 Å². The molecule has 0 radical (unpaired) electrons. The molecule has 2 rings (SSSR count). The lowest BCUT2D eigenvalue weighted by Gasteiger charge is -2.22.